The van der Waals surface area contributed by atoms with E-state index in [0.29, 0.717) is 0 Å². The summed E-state index contributed by atoms with van der Waals surface area (Å²) in [5.41, 5.74) is 0. The molecule has 1 heteroatoms. The van der Waals surface area contributed by atoms with Gasteiger partial charge < -0.3 is 0 Å². The van der Waals surface area contributed by atoms with Crippen LogP contribution >= 0.6 is 0 Å². The molecule has 0 heterocycles. The van der Waals surface area contributed by atoms with Crippen LogP contribution in [0.25, 0.3) is 0 Å². The summed E-state index contributed by atoms with van der Waals surface area (Å²) in [5, 5.41) is 0. The lowest BCUT2D eigenvalue weighted by Gasteiger charge is -1.49. The second kappa shape index (κ2) is 2.80. The number of hydrogen-bond donors (Lipinski definition) is 0. The minimum absolute atomic E-state index is 1.50. The van der Waals surface area contributed by atoms with Gasteiger partial charge in [0.05, 0.1) is 0 Å². The van der Waals surface area contributed by atoms with E-state index in [1.807, 2.05) is 6.92 Å². The van der Waals surface area contributed by atoms with Crippen LogP contribution < -0.4 is 0 Å². The molecular weight excluding hydrogens is 46.8 g/mol. The van der Waals surface area contributed by atoms with Gasteiger partial charge in [-0.2, -0.15) is 0 Å². The zero-order chi connectivity index (χ0) is 3.41. The van der Waals surface area contributed by atoms with Crippen molar-refractivity contribution in [2.24, 2.45) is 0 Å². The Morgan fingerprint density at radius 3 is 2.00 bits per heavy atom. The lowest BCUT2D eigenvalue weighted by Crippen LogP contribution is -1.39. The van der Waals surface area contributed by atoms with Crippen molar-refractivity contribution in [2.45, 2.75) is 6.92 Å². The van der Waals surface area contributed by atoms with E-state index in [1.165, 1.54) is 5.98 Å². The summed E-state index contributed by atoms with van der Waals surface area (Å²) in [5.74, 6) is 1.50. The van der Waals surface area contributed by atoms with Crippen LogP contribution in [0, 0.1) is 0 Å². The van der Waals surface area contributed by atoms with Gasteiger partial charge in [-0.3, -0.25) is 0 Å². The molecule has 0 amide bonds. The summed E-state index contributed by atoms with van der Waals surface area (Å²) in [6.07, 6.45) is 1.78. The van der Waals surface area contributed by atoms with Gasteiger partial charge in [-0.05, 0) is 6.92 Å². The summed E-state index contributed by atoms with van der Waals surface area (Å²) < 4.78 is 0. The van der Waals surface area contributed by atoms with Gasteiger partial charge in [0.2, 0.25) is 0 Å². The van der Waals surface area contributed by atoms with Gasteiger partial charge in [-0.15, -0.1) is 12.1 Å². The van der Waals surface area contributed by atoms with Gasteiger partial charge in [-0.25, -0.2) is 0 Å². The van der Waals surface area contributed by atoms with Crippen molar-refractivity contribution < 1.29 is 0 Å². The highest BCUT2D eigenvalue weighted by molar-refractivity contribution is 6.16. The molecule has 0 aromatic heterocycles. The van der Waals surface area contributed by atoms with Crippen LogP contribution in [0.5, 0.6) is 0 Å². The molecule has 0 aliphatic rings. The van der Waals surface area contributed by atoms with Crippen LogP contribution in [0.2, 0.25) is 0 Å². The molecule has 0 aromatic rings. The maximum absolute atomic E-state index is 4.85. The Labute approximate surface area is 27.9 Å². The molecular formula is C3H5B. The van der Waals surface area contributed by atoms with Gasteiger partial charge >= 0.3 is 0 Å². The minimum Gasteiger partial charge on any atom is -0.136 e. The zero-order valence-electron chi connectivity index (χ0n) is 2.73. The first kappa shape index (κ1) is 3.80. The molecule has 2 radical (unpaired) electrons. The highest BCUT2D eigenvalue weighted by Crippen LogP contribution is 1.50. The highest BCUT2D eigenvalue weighted by atomic mass is 13.3. The summed E-state index contributed by atoms with van der Waals surface area (Å²) in [4.78, 5) is 0. The van der Waals surface area contributed by atoms with E-state index < -0.39 is 0 Å². The zero-order valence-corrected chi connectivity index (χ0v) is 2.73. The van der Waals surface area contributed by atoms with Crippen molar-refractivity contribution in [3.8, 4) is 0 Å². The van der Waals surface area contributed by atoms with E-state index in [2.05, 4.69) is 0 Å². The summed E-state index contributed by atoms with van der Waals surface area (Å²) >= 11 is 0. The Bertz CT molecular complexity index is 18.5. The molecule has 0 rings (SSSR count). The van der Waals surface area contributed by atoms with Crippen LogP contribution in [0.15, 0.2) is 12.1 Å². The average Bonchev–Trinajstić information content (AvgIpc) is 1.37. The molecule has 0 aromatic carbocycles. The molecule has 0 fully saturated rings. The van der Waals surface area contributed by atoms with Gasteiger partial charge in [0.25, 0.3) is 0 Å². The van der Waals surface area contributed by atoms with E-state index in [0.717, 1.165) is 0 Å². The average molecular weight is 51.9 g/mol. The Kier molecular flexibility index (Phi) is 2.67. The monoisotopic (exact) mass is 52.0 g/mol. The molecule has 20 valence electrons. The predicted octanol–water partition coefficient (Wildman–Crippen LogP) is 0.688. The Balaban J connectivity index is 2.55. The second-order valence-electron chi connectivity index (χ2n) is 0.526. The van der Waals surface area contributed by atoms with Crippen molar-refractivity contribution in [1.29, 1.82) is 0 Å². The van der Waals surface area contributed by atoms with E-state index in [-0.39, 0.29) is 0 Å². The largest absolute Gasteiger partial charge is 0.136 e. The van der Waals surface area contributed by atoms with Crippen molar-refractivity contribution in [2.75, 3.05) is 0 Å². The van der Waals surface area contributed by atoms with Gasteiger partial charge in [0.15, 0.2) is 0 Å². The third-order valence-electron chi connectivity index (χ3n) is 0.192. The van der Waals surface area contributed by atoms with Crippen molar-refractivity contribution in [3.63, 3.8) is 0 Å². The summed E-state index contributed by atoms with van der Waals surface area (Å²) in [6, 6.07) is 0. The normalized spacial score (nSPS) is 9.25. The predicted molar refractivity (Wildman–Crippen MR) is 20.6 cm³/mol. The van der Waals surface area contributed by atoms with Gasteiger partial charge in [0, 0.05) is 0 Å². The summed E-state index contributed by atoms with van der Waals surface area (Å²) in [6.45, 7) is 1.88. The first-order valence-corrected chi connectivity index (χ1v) is 1.24. The molecule has 0 aliphatic heterocycles. The van der Waals surface area contributed by atoms with Crippen LogP contribution in [0.4, 0.5) is 0 Å². The van der Waals surface area contributed by atoms with Crippen LogP contribution in [0.3, 0.4) is 0 Å². The Morgan fingerprint density at radius 2 is 2.00 bits per heavy atom. The van der Waals surface area contributed by atoms with E-state index in [9.17, 15) is 0 Å². The van der Waals surface area contributed by atoms with E-state index in [1.54, 1.807) is 6.08 Å². The smallest absolute Gasteiger partial charge is 0.102 e. The van der Waals surface area contributed by atoms with Crippen molar-refractivity contribution in [3.05, 3.63) is 12.1 Å². The maximum atomic E-state index is 4.85. The topological polar surface area (TPSA) is 0 Å². The minimum atomic E-state index is 1.50. The van der Waals surface area contributed by atoms with Crippen LogP contribution in [-0.4, -0.2) is 7.85 Å². The van der Waals surface area contributed by atoms with Crippen molar-refractivity contribution >= 4 is 7.85 Å². The van der Waals surface area contributed by atoms with Crippen LogP contribution in [-0.2, 0) is 0 Å². The standard InChI is InChI=1S/C3H5B/c1-2-3-4/h2-3H,1H3/b3-2+. The third-order valence-corrected chi connectivity index (χ3v) is 0.192. The fourth-order valence-corrected chi connectivity index (χ4v) is 0. The first-order chi connectivity index (χ1) is 1.91. The lowest BCUT2D eigenvalue weighted by molar-refractivity contribution is 1.78. The van der Waals surface area contributed by atoms with Gasteiger partial charge in [0.1, 0.15) is 7.85 Å². The maximum Gasteiger partial charge on any atom is 0.102 e. The quantitative estimate of drug-likeness (QED) is 0.355. The fourth-order valence-electron chi connectivity index (χ4n) is 0. The molecule has 0 atom stereocenters. The lowest BCUT2D eigenvalue weighted by atomic mass is 10.1. The van der Waals surface area contributed by atoms with Crippen molar-refractivity contribution in [1.82, 2.24) is 0 Å². The number of rotatable bonds is 0. The Hall–Kier alpha value is -0.195. The molecule has 0 N–H and O–H groups in total. The molecule has 0 unspecified atom stereocenters. The van der Waals surface area contributed by atoms with Crippen LogP contribution in [0.1, 0.15) is 6.92 Å². The Morgan fingerprint density at radius 1 is 1.75 bits per heavy atom. The molecule has 4 heavy (non-hydrogen) atoms. The fraction of sp³-hybridized carbons (Fsp3) is 0.333. The molecule has 0 aliphatic carbocycles. The SMILES string of the molecule is [B]/C=C/C. The first-order valence-electron chi connectivity index (χ1n) is 1.24. The molecule has 0 nitrogen and oxygen atoms in total. The molecule has 0 spiro atoms. The molecule has 0 saturated carbocycles. The van der Waals surface area contributed by atoms with E-state index >= 15 is 0 Å². The number of hydrogen-bond acceptors (Lipinski definition) is 0. The van der Waals surface area contributed by atoms with Gasteiger partial charge in [-0.1, -0.05) is 0 Å². The van der Waals surface area contributed by atoms with E-state index in [4.69, 9.17) is 7.85 Å². The molecule has 0 bridgehead atoms. The second-order valence-corrected chi connectivity index (χ2v) is 0.526. The third kappa shape index (κ3) is 1.80. The number of allylic oxidation sites excluding steroid dienone is 1. The highest BCUT2D eigenvalue weighted by Gasteiger charge is 1.35. The summed E-state index contributed by atoms with van der Waals surface area (Å²) in [7, 11) is 4.85. The molecule has 0 saturated heterocycles.